The highest BCUT2D eigenvalue weighted by molar-refractivity contribution is 5.78. The van der Waals surface area contributed by atoms with E-state index in [1.165, 1.54) is 0 Å². The van der Waals surface area contributed by atoms with Crippen molar-refractivity contribution in [1.82, 2.24) is 4.98 Å². The number of benzene rings is 2. The standard InChI is InChI=1S/C18H18N2O/c1-12-8-16(19)9-13(2)18(12)21-11-14-5-6-17-15(10-14)4-3-7-20-17/h3-10H,11,19H2,1-2H3. The lowest BCUT2D eigenvalue weighted by molar-refractivity contribution is 0.302. The van der Waals surface area contributed by atoms with Crippen molar-refractivity contribution in [2.75, 3.05) is 5.73 Å². The normalized spacial score (nSPS) is 10.8. The number of nitrogens with zero attached hydrogens (tertiary/aromatic N) is 1. The number of nitrogens with two attached hydrogens (primary N) is 1. The lowest BCUT2D eigenvalue weighted by Crippen LogP contribution is -2.00. The van der Waals surface area contributed by atoms with Crippen LogP contribution in [-0.4, -0.2) is 4.98 Å². The molecule has 3 heteroatoms. The summed E-state index contributed by atoms with van der Waals surface area (Å²) in [5, 5.41) is 1.13. The first-order chi connectivity index (χ1) is 10.1. The molecule has 1 heterocycles. The predicted molar refractivity (Wildman–Crippen MR) is 86.4 cm³/mol. The summed E-state index contributed by atoms with van der Waals surface area (Å²) in [5.74, 6) is 0.912. The van der Waals surface area contributed by atoms with Gasteiger partial charge in [-0.05, 0) is 60.9 Å². The molecular formula is C18H18N2O. The van der Waals surface area contributed by atoms with Crippen LogP contribution < -0.4 is 10.5 Å². The van der Waals surface area contributed by atoms with E-state index >= 15 is 0 Å². The quantitative estimate of drug-likeness (QED) is 0.736. The van der Waals surface area contributed by atoms with Crippen molar-refractivity contribution in [3.63, 3.8) is 0 Å². The molecule has 2 aromatic carbocycles. The Kier molecular flexibility index (Phi) is 3.48. The van der Waals surface area contributed by atoms with Gasteiger partial charge in [0.15, 0.2) is 0 Å². The maximum absolute atomic E-state index is 5.98. The topological polar surface area (TPSA) is 48.1 Å². The Labute approximate surface area is 124 Å². The molecule has 3 rings (SSSR count). The van der Waals surface area contributed by atoms with Crippen molar-refractivity contribution in [2.45, 2.75) is 20.5 Å². The average molecular weight is 278 g/mol. The Morgan fingerprint density at radius 3 is 2.57 bits per heavy atom. The van der Waals surface area contributed by atoms with Crippen LogP contribution in [0.2, 0.25) is 0 Å². The van der Waals surface area contributed by atoms with E-state index in [1.54, 1.807) is 6.20 Å². The molecule has 0 radical (unpaired) electrons. The molecule has 0 saturated carbocycles. The lowest BCUT2D eigenvalue weighted by Gasteiger charge is -2.13. The fourth-order valence-corrected chi connectivity index (χ4v) is 2.58. The van der Waals surface area contributed by atoms with Gasteiger partial charge in [-0.3, -0.25) is 4.98 Å². The Bertz CT molecular complexity index is 773. The van der Waals surface area contributed by atoms with Gasteiger partial charge in [-0.25, -0.2) is 0 Å². The van der Waals surface area contributed by atoms with Crippen LogP contribution in [0.5, 0.6) is 5.75 Å². The summed E-state index contributed by atoms with van der Waals surface area (Å²) >= 11 is 0. The molecule has 0 atom stereocenters. The van der Waals surface area contributed by atoms with Gasteiger partial charge in [0, 0.05) is 17.3 Å². The van der Waals surface area contributed by atoms with Crippen LogP contribution in [0.4, 0.5) is 5.69 Å². The monoisotopic (exact) mass is 278 g/mol. The zero-order valence-electron chi connectivity index (χ0n) is 12.3. The number of aryl methyl sites for hydroxylation is 2. The Hall–Kier alpha value is -2.55. The minimum atomic E-state index is 0.538. The smallest absolute Gasteiger partial charge is 0.125 e. The van der Waals surface area contributed by atoms with Gasteiger partial charge in [0.05, 0.1) is 5.52 Å². The van der Waals surface area contributed by atoms with Crippen molar-refractivity contribution < 1.29 is 4.74 Å². The van der Waals surface area contributed by atoms with Crippen molar-refractivity contribution in [3.05, 3.63) is 65.4 Å². The van der Waals surface area contributed by atoms with Crippen LogP contribution in [-0.2, 0) is 6.61 Å². The molecule has 0 spiro atoms. The lowest BCUT2D eigenvalue weighted by atomic mass is 10.1. The van der Waals surface area contributed by atoms with E-state index in [1.807, 2.05) is 38.1 Å². The van der Waals surface area contributed by atoms with Gasteiger partial charge in [0.25, 0.3) is 0 Å². The Balaban J connectivity index is 1.83. The molecule has 0 aliphatic heterocycles. The van der Waals surface area contributed by atoms with E-state index in [9.17, 15) is 0 Å². The molecule has 0 aliphatic rings. The van der Waals surface area contributed by atoms with E-state index in [2.05, 4.69) is 23.2 Å². The molecule has 106 valence electrons. The van der Waals surface area contributed by atoms with Gasteiger partial charge < -0.3 is 10.5 Å². The highest BCUT2D eigenvalue weighted by Gasteiger charge is 2.06. The second-order valence-electron chi connectivity index (χ2n) is 5.30. The van der Waals surface area contributed by atoms with Crippen molar-refractivity contribution in [1.29, 1.82) is 0 Å². The van der Waals surface area contributed by atoms with Crippen LogP contribution in [0.25, 0.3) is 10.9 Å². The van der Waals surface area contributed by atoms with E-state index in [0.717, 1.165) is 39.0 Å². The largest absolute Gasteiger partial charge is 0.488 e. The zero-order chi connectivity index (χ0) is 14.8. The van der Waals surface area contributed by atoms with E-state index in [4.69, 9.17) is 10.5 Å². The van der Waals surface area contributed by atoms with Crippen LogP contribution in [0.1, 0.15) is 16.7 Å². The number of hydrogen-bond donors (Lipinski definition) is 1. The number of pyridine rings is 1. The van der Waals surface area contributed by atoms with E-state index in [-0.39, 0.29) is 0 Å². The number of anilines is 1. The van der Waals surface area contributed by atoms with Gasteiger partial charge in [-0.15, -0.1) is 0 Å². The third kappa shape index (κ3) is 2.82. The Morgan fingerprint density at radius 1 is 1.05 bits per heavy atom. The molecule has 0 fully saturated rings. The van der Waals surface area contributed by atoms with Crippen molar-refractivity contribution >= 4 is 16.6 Å². The second-order valence-corrected chi connectivity index (χ2v) is 5.30. The number of nitrogen functional groups attached to an aromatic ring is 1. The predicted octanol–water partition coefficient (Wildman–Crippen LogP) is 4.01. The van der Waals surface area contributed by atoms with E-state index in [0.29, 0.717) is 6.61 Å². The molecule has 2 N–H and O–H groups in total. The number of fused-ring (bicyclic) bond motifs is 1. The zero-order valence-corrected chi connectivity index (χ0v) is 12.3. The van der Waals surface area contributed by atoms with E-state index < -0.39 is 0 Å². The van der Waals surface area contributed by atoms with Gasteiger partial charge in [-0.1, -0.05) is 12.1 Å². The third-order valence-electron chi connectivity index (χ3n) is 3.53. The van der Waals surface area contributed by atoms with Gasteiger partial charge in [0.2, 0.25) is 0 Å². The Morgan fingerprint density at radius 2 is 1.81 bits per heavy atom. The molecule has 0 aliphatic carbocycles. The molecule has 0 amide bonds. The summed E-state index contributed by atoms with van der Waals surface area (Å²) in [4.78, 5) is 4.32. The van der Waals surface area contributed by atoms with Crippen molar-refractivity contribution in [3.8, 4) is 5.75 Å². The van der Waals surface area contributed by atoms with Crippen LogP contribution in [0.3, 0.4) is 0 Å². The first-order valence-electron chi connectivity index (χ1n) is 6.96. The summed E-state index contributed by atoms with van der Waals surface area (Å²) in [6.07, 6.45) is 1.81. The second kappa shape index (κ2) is 5.44. The summed E-state index contributed by atoms with van der Waals surface area (Å²) in [6, 6.07) is 14.1. The molecule has 1 aromatic heterocycles. The maximum atomic E-state index is 5.98. The minimum Gasteiger partial charge on any atom is -0.488 e. The SMILES string of the molecule is Cc1cc(N)cc(C)c1OCc1ccc2ncccc2c1. The van der Waals surface area contributed by atoms with Crippen LogP contribution >= 0.6 is 0 Å². The van der Waals surface area contributed by atoms with Crippen LogP contribution in [0, 0.1) is 13.8 Å². The summed E-state index contributed by atoms with van der Waals surface area (Å²) in [6.45, 7) is 4.57. The van der Waals surface area contributed by atoms with Gasteiger partial charge in [0.1, 0.15) is 12.4 Å². The first-order valence-corrected chi connectivity index (χ1v) is 6.96. The average Bonchev–Trinajstić information content (AvgIpc) is 2.46. The molecular weight excluding hydrogens is 260 g/mol. The summed E-state index contributed by atoms with van der Waals surface area (Å²) in [7, 11) is 0. The molecule has 0 bridgehead atoms. The number of rotatable bonds is 3. The van der Waals surface area contributed by atoms with Crippen molar-refractivity contribution in [2.24, 2.45) is 0 Å². The molecule has 0 unspecified atom stereocenters. The molecule has 21 heavy (non-hydrogen) atoms. The highest BCUT2D eigenvalue weighted by Crippen LogP contribution is 2.27. The van der Waals surface area contributed by atoms with Crippen LogP contribution in [0.15, 0.2) is 48.7 Å². The molecule has 3 nitrogen and oxygen atoms in total. The number of aromatic nitrogens is 1. The molecule has 3 aromatic rings. The maximum Gasteiger partial charge on any atom is 0.125 e. The third-order valence-corrected chi connectivity index (χ3v) is 3.53. The summed E-state index contributed by atoms with van der Waals surface area (Å²) in [5.41, 5.74) is 10.9. The van der Waals surface area contributed by atoms with Gasteiger partial charge >= 0.3 is 0 Å². The minimum absolute atomic E-state index is 0.538. The fraction of sp³-hybridized carbons (Fsp3) is 0.167. The first kappa shape index (κ1) is 13.4. The summed E-state index contributed by atoms with van der Waals surface area (Å²) < 4.78 is 5.98. The molecule has 0 saturated heterocycles. The number of hydrogen-bond acceptors (Lipinski definition) is 3. The fourth-order valence-electron chi connectivity index (χ4n) is 2.58. The van der Waals surface area contributed by atoms with Gasteiger partial charge in [-0.2, -0.15) is 0 Å². The number of ether oxygens (including phenoxy) is 1. The highest BCUT2D eigenvalue weighted by atomic mass is 16.5.